The largest absolute Gasteiger partial charge is 0.494 e. The van der Waals surface area contributed by atoms with Gasteiger partial charge in [0, 0.05) is 12.0 Å². The van der Waals surface area contributed by atoms with Crippen molar-refractivity contribution in [3.05, 3.63) is 28.8 Å². The normalized spacial score (nSPS) is 16.8. The van der Waals surface area contributed by atoms with E-state index in [2.05, 4.69) is 33.8 Å². The maximum absolute atomic E-state index is 12.1. The van der Waals surface area contributed by atoms with E-state index >= 15 is 0 Å². The molecule has 1 aromatic carbocycles. The van der Waals surface area contributed by atoms with Gasteiger partial charge < -0.3 is 4.74 Å². The number of benzene rings is 1. The van der Waals surface area contributed by atoms with Crippen LogP contribution in [0.1, 0.15) is 61.5 Å². The molecule has 1 aliphatic rings. The van der Waals surface area contributed by atoms with Crippen molar-refractivity contribution in [2.75, 3.05) is 6.61 Å². The number of carbonyl (C=O) groups is 1. The van der Waals surface area contributed by atoms with Crippen LogP contribution in [0.5, 0.6) is 5.75 Å². The molecule has 18 heavy (non-hydrogen) atoms. The average Bonchev–Trinajstić information content (AvgIpc) is 2.50. The maximum Gasteiger partial charge on any atom is 0.164 e. The summed E-state index contributed by atoms with van der Waals surface area (Å²) in [6.45, 7) is 9.23. The molecule has 0 amide bonds. The van der Waals surface area contributed by atoms with Crippen molar-refractivity contribution in [1.82, 2.24) is 0 Å². The molecule has 2 nitrogen and oxygen atoms in total. The van der Waals surface area contributed by atoms with Gasteiger partial charge in [-0.1, -0.05) is 27.2 Å². The van der Waals surface area contributed by atoms with Gasteiger partial charge >= 0.3 is 0 Å². The summed E-state index contributed by atoms with van der Waals surface area (Å²) in [7, 11) is 0. The Balaban J connectivity index is 2.32. The Morgan fingerprint density at radius 3 is 2.72 bits per heavy atom. The molecule has 0 bridgehead atoms. The topological polar surface area (TPSA) is 26.3 Å². The van der Waals surface area contributed by atoms with Crippen LogP contribution in [0.4, 0.5) is 0 Å². The highest BCUT2D eigenvalue weighted by molar-refractivity contribution is 6.02. The second-order valence-corrected chi connectivity index (χ2v) is 5.85. The van der Waals surface area contributed by atoms with E-state index in [0.717, 1.165) is 30.8 Å². The van der Waals surface area contributed by atoms with Gasteiger partial charge in [0.15, 0.2) is 5.78 Å². The number of hydrogen-bond donors (Lipinski definition) is 0. The van der Waals surface area contributed by atoms with Gasteiger partial charge in [-0.05, 0) is 42.0 Å². The van der Waals surface area contributed by atoms with Gasteiger partial charge in [0.25, 0.3) is 0 Å². The summed E-state index contributed by atoms with van der Waals surface area (Å²) >= 11 is 0. The van der Waals surface area contributed by atoms with Gasteiger partial charge in [0.2, 0.25) is 0 Å². The fourth-order valence-corrected chi connectivity index (χ4v) is 2.88. The highest BCUT2D eigenvalue weighted by atomic mass is 16.5. The average molecular weight is 246 g/mol. The predicted molar refractivity (Wildman–Crippen MR) is 73.6 cm³/mol. The van der Waals surface area contributed by atoms with Crippen LogP contribution in [-0.4, -0.2) is 12.4 Å². The smallest absolute Gasteiger partial charge is 0.164 e. The Morgan fingerprint density at radius 1 is 1.33 bits per heavy atom. The summed E-state index contributed by atoms with van der Waals surface area (Å²) in [6.07, 6.45) is 2.78. The maximum atomic E-state index is 12.1. The Bertz CT molecular complexity index is 472. The molecule has 0 aromatic heterocycles. The number of ketones is 1. The van der Waals surface area contributed by atoms with E-state index in [1.54, 1.807) is 0 Å². The number of aryl methyl sites for hydroxylation is 1. The molecular weight excluding hydrogens is 224 g/mol. The number of unbranched alkanes of at least 4 members (excludes halogenated alkanes) is 1. The van der Waals surface area contributed by atoms with Gasteiger partial charge in [0.05, 0.1) is 6.61 Å². The molecule has 0 heterocycles. The fraction of sp³-hybridized carbons (Fsp3) is 0.562. The quantitative estimate of drug-likeness (QED) is 0.749. The first kappa shape index (κ1) is 13.1. The van der Waals surface area contributed by atoms with E-state index in [1.807, 2.05) is 6.07 Å². The molecular formula is C16H22O2. The Hall–Kier alpha value is -1.31. The number of rotatable bonds is 4. The molecule has 0 spiro atoms. The van der Waals surface area contributed by atoms with E-state index in [9.17, 15) is 4.79 Å². The van der Waals surface area contributed by atoms with Crippen molar-refractivity contribution in [3.63, 3.8) is 0 Å². The minimum absolute atomic E-state index is 0.0293. The standard InChI is InChI=1S/C16H22O2/c1-5-6-7-18-12-8-11(2)15-13(9-12)14(17)10-16(15,3)4/h8-9H,5-7,10H2,1-4H3. The Labute approximate surface area is 109 Å². The van der Waals surface area contributed by atoms with Crippen LogP contribution < -0.4 is 4.74 Å². The second-order valence-electron chi connectivity index (χ2n) is 5.85. The molecule has 0 radical (unpaired) electrons. The number of fused-ring (bicyclic) bond motifs is 1. The van der Waals surface area contributed by atoms with Gasteiger partial charge in [-0.3, -0.25) is 4.79 Å². The molecule has 1 aromatic rings. The molecule has 0 unspecified atom stereocenters. The zero-order chi connectivity index (χ0) is 13.3. The van der Waals surface area contributed by atoms with Crippen molar-refractivity contribution < 1.29 is 9.53 Å². The molecule has 0 aliphatic heterocycles. The van der Waals surface area contributed by atoms with Crippen molar-refractivity contribution in [2.45, 2.75) is 52.4 Å². The van der Waals surface area contributed by atoms with Gasteiger partial charge in [-0.25, -0.2) is 0 Å². The summed E-state index contributed by atoms with van der Waals surface area (Å²) in [5.74, 6) is 1.09. The summed E-state index contributed by atoms with van der Waals surface area (Å²) in [5, 5.41) is 0. The molecule has 2 rings (SSSR count). The minimum Gasteiger partial charge on any atom is -0.494 e. The van der Waals surface area contributed by atoms with Crippen molar-refractivity contribution in [2.24, 2.45) is 0 Å². The van der Waals surface area contributed by atoms with Crippen LogP contribution in [0.25, 0.3) is 0 Å². The number of hydrogen-bond acceptors (Lipinski definition) is 2. The molecule has 98 valence electrons. The first-order chi connectivity index (χ1) is 8.45. The number of ether oxygens (including phenoxy) is 1. The lowest BCUT2D eigenvalue weighted by Crippen LogP contribution is -2.14. The highest BCUT2D eigenvalue weighted by Gasteiger charge is 2.37. The lowest BCUT2D eigenvalue weighted by Gasteiger charge is -2.20. The lowest BCUT2D eigenvalue weighted by molar-refractivity contribution is 0.0979. The van der Waals surface area contributed by atoms with Crippen LogP contribution >= 0.6 is 0 Å². The van der Waals surface area contributed by atoms with Gasteiger partial charge in [-0.15, -0.1) is 0 Å². The summed E-state index contributed by atoms with van der Waals surface area (Å²) < 4.78 is 5.72. The summed E-state index contributed by atoms with van der Waals surface area (Å²) in [4.78, 5) is 12.1. The van der Waals surface area contributed by atoms with Crippen LogP contribution in [0.15, 0.2) is 12.1 Å². The molecule has 0 saturated heterocycles. The fourth-order valence-electron chi connectivity index (χ4n) is 2.88. The minimum atomic E-state index is -0.0293. The van der Waals surface area contributed by atoms with Crippen LogP contribution in [-0.2, 0) is 5.41 Å². The second kappa shape index (κ2) is 4.75. The van der Waals surface area contributed by atoms with E-state index in [-0.39, 0.29) is 11.2 Å². The monoisotopic (exact) mass is 246 g/mol. The zero-order valence-corrected chi connectivity index (χ0v) is 11.8. The predicted octanol–water partition coefficient (Wildman–Crippen LogP) is 4.04. The van der Waals surface area contributed by atoms with Crippen LogP contribution in [0.2, 0.25) is 0 Å². The van der Waals surface area contributed by atoms with Crippen molar-refractivity contribution in [3.8, 4) is 5.75 Å². The molecule has 0 fully saturated rings. The van der Waals surface area contributed by atoms with E-state index in [0.29, 0.717) is 6.42 Å². The third kappa shape index (κ3) is 2.29. The van der Waals surface area contributed by atoms with Crippen LogP contribution in [0.3, 0.4) is 0 Å². The first-order valence-corrected chi connectivity index (χ1v) is 6.77. The molecule has 0 saturated carbocycles. The molecule has 0 atom stereocenters. The van der Waals surface area contributed by atoms with E-state index in [4.69, 9.17) is 4.74 Å². The zero-order valence-electron chi connectivity index (χ0n) is 11.8. The Morgan fingerprint density at radius 2 is 2.06 bits per heavy atom. The van der Waals surface area contributed by atoms with E-state index in [1.165, 1.54) is 11.1 Å². The lowest BCUT2D eigenvalue weighted by atomic mass is 9.84. The van der Waals surface area contributed by atoms with Crippen molar-refractivity contribution >= 4 is 5.78 Å². The third-order valence-corrected chi connectivity index (χ3v) is 3.66. The molecule has 2 heteroatoms. The number of Topliss-reactive ketones (excluding diaryl/α,β-unsaturated/α-hetero) is 1. The highest BCUT2D eigenvalue weighted by Crippen LogP contribution is 2.41. The third-order valence-electron chi connectivity index (χ3n) is 3.66. The van der Waals surface area contributed by atoms with Crippen LogP contribution in [0, 0.1) is 6.92 Å². The summed E-state index contributed by atoms with van der Waals surface area (Å²) in [6, 6.07) is 3.99. The Kier molecular flexibility index (Phi) is 3.47. The summed E-state index contributed by atoms with van der Waals surface area (Å²) in [5.41, 5.74) is 3.22. The molecule has 1 aliphatic carbocycles. The molecule has 0 N–H and O–H groups in total. The SMILES string of the molecule is CCCCOc1cc(C)c2c(c1)C(=O)CC2(C)C. The first-order valence-electron chi connectivity index (χ1n) is 6.77. The number of carbonyl (C=O) groups excluding carboxylic acids is 1. The van der Waals surface area contributed by atoms with E-state index < -0.39 is 0 Å². The van der Waals surface area contributed by atoms with Gasteiger partial charge in [-0.2, -0.15) is 0 Å². The van der Waals surface area contributed by atoms with Gasteiger partial charge in [0.1, 0.15) is 5.75 Å². The van der Waals surface area contributed by atoms with Crippen molar-refractivity contribution in [1.29, 1.82) is 0 Å².